The first-order valence-electron chi connectivity index (χ1n) is 16.9. The molecular formula is C46H32N4. The fourth-order valence-corrected chi connectivity index (χ4v) is 6.84. The van der Waals surface area contributed by atoms with Crippen molar-refractivity contribution in [2.45, 2.75) is 6.92 Å². The lowest BCUT2D eigenvalue weighted by atomic mass is 10.0. The second-order valence-corrected chi connectivity index (χ2v) is 12.6. The third kappa shape index (κ3) is 5.33. The van der Waals surface area contributed by atoms with Crippen molar-refractivity contribution in [3.63, 3.8) is 0 Å². The highest BCUT2D eigenvalue weighted by Crippen LogP contribution is 2.36. The molecule has 0 spiro atoms. The summed E-state index contributed by atoms with van der Waals surface area (Å²) in [5, 5.41) is 7.63. The minimum atomic E-state index is 0.700. The number of benzene rings is 6. The first-order valence-corrected chi connectivity index (χ1v) is 16.9. The molecule has 0 atom stereocenters. The number of hydrogen-bond donors (Lipinski definition) is 0. The molecule has 0 aliphatic carbocycles. The van der Waals surface area contributed by atoms with E-state index in [2.05, 4.69) is 157 Å². The molecule has 0 bridgehead atoms. The highest BCUT2D eigenvalue weighted by atomic mass is 15.2. The SMILES string of the molecule is Cc1c(-c2ccc(-c3cc(-c4ccc(-c5ccccc5)cc4)nc(-c4ccccc4)n3)cc2)nn2c(-c3ccccc3)cc3ccccc3c12. The van der Waals surface area contributed by atoms with Crippen LogP contribution in [0.15, 0.2) is 176 Å². The first-order chi connectivity index (χ1) is 24.7. The quantitative estimate of drug-likeness (QED) is 0.182. The van der Waals surface area contributed by atoms with Crippen LogP contribution in [0.5, 0.6) is 0 Å². The number of aromatic nitrogens is 4. The number of fused-ring (bicyclic) bond motifs is 3. The van der Waals surface area contributed by atoms with Crippen molar-refractivity contribution < 1.29 is 0 Å². The van der Waals surface area contributed by atoms with E-state index in [9.17, 15) is 0 Å². The van der Waals surface area contributed by atoms with Crippen LogP contribution in [0.3, 0.4) is 0 Å². The highest BCUT2D eigenvalue weighted by Gasteiger charge is 2.18. The van der Waals surface area contributed by atoms with Crippen molar-refractivity contribution in [1.82, 2.24) is 19.6 Å². The van der Waals surface area contributed by atoms with Gasteiger partial charge >= 0.3 is 0 Å². The second kappa shape index (κ2) is 12.4. The van der Waals surface area contributed by atoms with Gasteiger partial charge in [0.25, 0.3) is 0 Å². The van der Waals surface area contributed by atoms with Crippen molar-refractivity contribution in [2.24, 2.45) is 0 Å². The molecule has 4 nitrogen and oxygen atoms in total. The predicted molar refractivity (Wildman–Crippen MR) is 206 cm³/mol. The zero-order valence-corrected chi connectivity index (χ0v) is 27.5. The number of pyridine rings is 1. The summed E-state index contributed by atoms with van der Waals surface area (Å²) in [4.78, 5) is 10.1. The highest BCUT2D eigenvalue weighted by molar-refractivity contribution is 6.01. The van der Waals surface area contributed by atoms with Gasteiger partial charge < -0.3 is 0 Å². The Balaban J connectivity index is 1.13. The fraction of sp³-hybridized carbons (Fsp3) is 0.0217. The summed E-state index contributed by atoms with van der Waals surface area (Å²) >= 11 is 0. The minimum absolute atomic E-state index is 0.700. The molecule has 0 amide bonds. The molecule has 0 aliphatic rings. The number of rotatable bonds is 6. The van der Waals surface area contributed by atoms with Crippen molar-refractivity contribution in [1.29, 1.82) is 0 Å². The van der Waals surface area contributed by atoms with Crippen molar-refractivity contribution in [3.8, 4) is 67.5 Å². The summed E-state index contributed by atoms with van der Waals surface area (Å²) < 4.78 is 2.11. The van der Waals surface area contributed by atoms with E-state index in [-0.39, 0.29) is 0 Å². The lowest BCUT2D eigenvalue weighted by molar-refractivity contribution is 0.979. The third-order valence-electron chi connectivity index (χ3n) is 9.43. The van der Waals surface area contributed by atoms with Crippen LogP contribution < -0.4 is 0 Å². The van der Waals surface area contributed by atoms with Gasteiger partial charge in [0.05, 0.1) is 28.3 Å². The van der Waals surface area contributed by atoms with Gasteiger partial charge in [-0.15, -0.1) is 0 Å². The van der Waals surface area contributed by atoms with Crippen LogP contribution in [-0.4, -0.2) is 19.6 Å². The topological polar surface area (TPSA) is 43.1 Å². The molecule has 0 unspecified atom stereocenters. The molecule has 3 heterocycles. The summed E-state index contributed by atoms with van der Waals surface area (Å²) in [5.74, 6) is 0.700. The van der Waals surface area contributed by atoms with Crippen LogP contribution >= 0.6 is 0 Å². The Labute approximate surface area is 291 Å². The molecular weight excluding hydrogens is 609 g/mol. The lowest BCUT2D eigenvalue weighted by Crippen LogP contribution is -1.96. The molecule has 236 valence electrons. The van der Waals surface area contributed by atoms with Gasteiger partial charge in [-0.1, -0.05) is 164 Å². The maximum absolute atomic E-state index is 5.24. The zero-order chi connectivity index (χ0) is 33.4. The van der Waals surface area contributed by atoms with Gasteiger partial charge in [-0.3, -0.25) is 0 Å². The summed E-state index contributed by atoms with van der Waals surface area (Å²) in [6.07, 6.45) is 0. The van der Waals surface area contributed by atoms with E-state index in [0.717, 1.165) is 61.7 Å². The average Bonchev–Trinajstić information content (AvgIpc) is 3.55. The Morgan fingerprint density at radius 3 is 1.52 bits per heavy atom. The number of nitrogens with zero attached hydrogens (tertiary/aromatic N) is 4. The normalized spacial score (nSPS) is 11.3. The fourth-order valence-electron chi connectivity index (χ4n) is 6.84. The molecule has 0 fully saturated rings. The van der Waals surface area contributed by atoms with Gasteiger partial charge in [0, 0.05) is 38.8 Å². The van der Waals surface area contributed by atoms with E-state index >= 15 is 0 Å². The molecule has 4 heteroatoms. The molecule has 0 N–H and O–H groups in total. The van der Waals surface area contributed by atoms with Crippen LogP contribution in [0, 0.1) is 6.92 Å². The molecule has 0 radical (unpaired) electrons. The lowest BCUT2D eigenvalue weighted by Gasteiger charge is -2.10. The van der Waals surface area contributed by atoms with Crippen LogP contribution in [0.25, 0.3) is 83.8 Å². The molecule has 0 saturated carbocycles. The van der Waals surface area contributed by atoms with Crippen molar-refractivity contribution in [2.75, 3.05) is 0 Å². The van der Waals surface area contributed by atoms with Crippen LogP contribution in [0.2, 0.25) is 0 Å². The Hall–Kier alpha value is -6.65. The predicted octanol–water partition coefficient (Wildman–Crippen LogP) is 11.6. The van der Waals surface area contributed by atoms with E-state index in [1.165, 1.54) is 21.9 Å². The van der Waals surface area contributed by atoms with Gasteiger partial charge in [0.15, 0.2) is 5.82 Å². The van der Waals surface area contributed by atoms with Gasteiger partial charge in [-0.25, -0.2) is 14.5 Å². The van der Waals surface area contributed by atoms with E-state index < -0.39 is 0 Å². The van der Waals surface area contributed by atoms with Crippen LogP contribution in [-0.2, 0) is 0 Å². The standard InChI is InChI=1S/C46H32N4/c1-31-44(49-50-43(36-15-7-3-8-16-36)29-39-19-11-12-20-40(39)45(31)50)37-27-25-35(26-28-37)42-30-41(47-46(48-42)38-17-9-4-10-18-38)34-23-21-33(22-24-34)32-13-5-2-6-14-32/h2-30H,1H3. The molecule has 0 saturated heterocycles. The third-order valence-corrected chi connectivity index (χ3v) is 9.43. The van der Waals surface area contributed by atoms with E-state index in [1.54, 1.807) is 0 Å². The maximum Gasteiger partial charge on any atom is 0.160 e. The molecule has 50 heavy (non-hydrogen) atoms. The van der Waals surface area contributed by atoms with Gasteiger partial charge in [0.1, 0.15) is 0 Å². The molecule has 9 aromatic rings. The van der Waals surface area contributed by atoms with Crippen LogP contribution in [0.4, 0.5) is 0 Å². The minimum Gasteiger partial charge on any atom is -0.232 e. The van der Waals surface area contributed by atoms with Crippen LogP contribution in [0.1, 0.15) is 5.56 Å². The Bertz CT molecular complexity index is 2610. The zero-order valence-electron chi connectivity index (χ0n) is 27.5. The van der Waals surface area contributed by atoms with Crippen molar-refractivity contribution >= 4 is 16.3 Å². The second-order valence-electron chi connectivity index (χ2n) is 12.6. The Kier molecular flexibility index (Phi) is 7.33. The number of aryl methyl sites for hydroxylation is 1. The summed E-state index contributed by atoms with van der Waals surface area (Å²) in [5.41, 5.74) is 13.7. The smallest absolute Gasteiger partial charge is 0.160 e. The first kappa shape index (κ1) is 29.5. The largest absolute Gasteiger partial charge is 0.232 e. The molecule has 6 aromatic carbocycles. The summed E-state index contributed by atoms with van der Waals surface area (Å²) in [6, 6.07) is 61.2. The van der Waals surface area contributed by atoms with Gasteiger partial charge in [-0.05, 0) is 35.6 Å². The molecule has 0 aliphatic heterocycles. The van der Waals surface area contributed by atoms with E-state index in [1.807, 2.05) is 30.3 Å². The van der Waals surface area contributed by atoms with Gasteiger partial charge in [-0.2, -0.15) is 5.10 Å². The monoisotopic (exact) mass is 640 g/mol. The Morgan fingerprint density at radius 1 is 0.420 bits per heavy atom. The number of hydrogen-bond acceptors (Lipinski definition) is 3. The summed E-state index contributed by atoms with van der Waals surface area (Å²) in [6.45, 7) is 2.18. The maximum atomic E-state index is 5.24. The van der Waals surface area contributed by atoms with Gasteiger partial charge in [0.2, 0.25) is 0 Å². The molecule has 9 rings (SSSR count). The molecule has 3 aromatic heterocycles. The van der Waals surface area contributed by atoms with Crippen molar-refractivity contribution in [3.05, 3.63) is 181 Å². The average molecular weight is 641 g/mol. The Morgan fingerprint density at radius 2 is 0.900 bits per heavy atom. The van der Waals surface area contributed by atoms with E-state index in [0.29, 0.717) is 5.82 Å². The van der Waals surface area contributed by atoms with E-state index in [4.69, 9.17) is 15.1 Å². The summed E-state index contributed by atoms with van der Waals surface area (Å²) in [7, 11) is 0.